The summed E-state index contributed by atoms with van der Waals surface area (Å²) in [5, 5.41) is 8.94. The maximum atomic E-state index is 12.9. The lowest BCUT2D eigenvalue weighted by molar-refractivity contribution is -0.361. The van der Waals surface area contributed by atoms with Crippen molar-refractivity contribution in [1.29, 1.82) is 0 Å². The topological polar surface area (TPSA) is 113 Å². The molecule has 0 aromatic carbocycles. The molecule has 1 atom stereocenters. The molecule has 0 aromatic rings. The van der Waals surface area contributed by atoms with Gasteiger partial charge in [0.1, 0.15) is 0 Å². The summed E-state index contributed by atoms with van der Waals surface area (Å²) >= 11 is 0. The van der Waals surface area contributed by atoms with Crippen molar-refractivity contribution in [2.24, 2.45) is 0 Å². The molecule has 0 saturated heterocycles. The molecule has 0 saturated carbocycles. The van der Waals surface area contributed by atoms with Gasteiger partial charge in [-0.3, -0.25) is 4.79 Å². The molecule has 0 amide bonds. The zero-order chi connectivity index (χ0) is 20.8. The van der Waals surface area contributed by atoms with Gasteiger partial charge in [0.05, 0.1) is 22.5 Å². The summed E-state index contributed by atoms with van der Waals surface area (Å²) in [7, 11) is -6.06. The van der Waals surface area contributed by atoms with E-state index in [1.54, 1.807) is 0 Å². The third-order valence-corrected chi connectivity index (χ3v) is 3.61. The van der Waals surface area contributed by atoms with Crippen molar-refractivity contribution in [2.75, 3.05) is 12.4 Å². The summed E-state index contributed by atoms with van der Waals surface area (Å²) in [5.74, 6) is -5.04. The second-order valence-electron chi connectivity index (χ2n) is 4.95. The molecule has 154 valence electrons. The molecule has 0 heterocycles. The smallest absolute Gasteiger partial charge is 0.438 e. The predicted octanol–water partition coefficient (Wildman–Crippen LogP) is 1.63. The Morgan fingerprint density at radius 3 is 2.04 bits per heavy atom. The molecule has 0 radical (unpaired) electrons. The van der Waals surface area contributed by atoms with Crippen molar-refractivity contribution < 1.29 is 58.7 Å². The molecule has 0 aliphatic rings. The Hall–Kier alpha value is -1.38. The van der Waals surface area contributed by atoms with Gasteiger partial charge in [0.15, 0.2) is 6.29 Å². The quantitative estimate of drug-likeness (QED) is 0.144. The molecule has 0 aliphatic heterocycles. The maximum absolute atomic E-state index is 12.9. The van der Waals surface area contributed by atoms with Gasteiger partial charge in [0, 0.05) is 6.42 Å². The van der Waals surface area contributed by atoms with E-state index in [4.69, 9.17) is 5.11 Å². The molecule has 0 aromatic heterocycles. The molecule has 0 bridgehead atoms. The third kappa shape index (κ3) is 7.47. The van der Waals surface area contributed by atoms with Gasteiger partial charge in [-0.15, -0.1) is 0 Å². The monoisotopic (exact) mass is 417 g/mol. The van der Waals surface area contributed by atoms with Crippen molar-refractivity contribution in [3.8, 4) is 0 Å². The molecule has 0 aliphatic carbocycles. The van der Waals surface area contributed by atoms with E-state index in [1.807, 2.05) is 0 Å². The number of carbonyl (C=O) groups excluding carboxylic acids is 1. The van der Waals surface area contributed by atoms with Crippen LogP contribution in [0.4, 0.5) is 26.3 Å². The van der Waals surface area contributed by atoms with Gasteiger partial charge in [-0.2, -0.15) is 26.3 Å². The SMILES string of the molecule is C=C[C@@H](O)OCCCCC(=O)OC(CS(=O)(=O)[O-])(C(F)(F)F)C(F)(F)F. The van der Waals surface area contributed by atoms with Crippen LogP contribution in [-0.4, -0.2) is 60.6 Å². The third-order valence-electron chi connectivity index (χ3n) is 2.85. The van der Waals surface area contributed by atoms with Crippen LogP contribution in [0.15, 0.2) is 12.7 Å². The highest BCUT2D eigenvalue weighted by Crippen LogP contribution is 2.47. The lowest BCUT2D eigenvalue weighted by atomic mass is 10.1. The number of hydrogen-bond donors (Lipinski definition) is 1. The number of aliphatic hydroxyl groups is 1. The van der Waals surface area contributed by atoms with Crippen molar-refractivity contribution in [2.45, 2.75) is 43.5 Å². The summed E-state index contributed by atoms with van der Waals surface area (Å²) in [6, 6.07) is 0. The van der Waals surface area contributed by atoms with Crippen molar-refractivity contribution >= 4 is 16.1 Å². The minimum Gasteiger partial charge on any atom is -0.748 e. The van der Waals surface area contributed by atoms with E-state index in [2.05, 4.69) is 16.1 Å². The van der Waals surface area contributed by atoms with Crippen LogP contribution in [0, 0.1) is 0 Å². The van der Waals surface area contributed by atoms with Gasteiger partial charge in [0.2, 0.25) is 0 Å². The van der Waals surface area contributed by atoms with E-state index < -0.39 is 52.5 Å². The highest BCUT2D eigenvalue weighted by atomic mass is 32.2. The summed E-state index contributed by atoms with van der Waals surface area (Å²) in [4.78, 5) is 11.4. The minimum absolute atomic E-state index is 0.0507. The fraction of sp³-hybridized carbons (Fsp3) is 0.750. The van der Waals surface area contributed by atoms with E-state index in [1.165, 1.54) is 0 Å². The summed E-state index contributed by atoms with van der Waals surface area (Å²) in [6.45, 7) is 2.97. The predicted molar refractivity (Wildman–Crippen MR) is 71.5 cm³/mol. The van der Waals surface area contributed by atoms with Crippen LogP contribution in [0.1, 0.15) is 19.3 Å². The van der Waals surface area contributed by atoms with Crippen LogP contribution in [0.2, 0.25) is 0 Å². The Bertz CT molecular complexity index is 570. The average Bonchev–Trinajstić information content (AvgIpc) is 2.41. The van der Waals surface area contributed by atoms with Crippen LogP contribution in [-0.2, 0) is 24.4 Å². The zero-order valence-corrected chi connectivity index (χ0v) is 13.8. The zero-order valence-electron chi connectivity index (χ0n) is 13.0. The Morgan fingerprint density at radius 2 is 1.65 bits per heavy atom. The van der Waals surface area contributed by atoms with Crippen LogP contribution < -0.4 is 0 Å². The van der Waals surface area contributed by atoms with Crippen LogP contribution in [0.25, 0.3) is 0 Å². The maximum Gasteiger partial charge on any atom is 0.438 e. The average molecular weight is 417 g/mol. The second-order valence-corrected chi connectivity index (χ2v) is 6.36. The van der Waals surface area contributed by atoms with E-state index in [0.717, 1.165) is 6.08 Å². The first-order valence-electron chi connectivity index (χ1n) is 6.77. The Morgan fingerprint density at radius 1 is 1.15 bits per heavy atom. The number of rotatable bonds is 10. The normalized spacial score (nSPS) is 14.8. The molecule has 1 N–H and O–H groups in total. The van der Waals surface area contributed by atoms with Gasteiger partial charge in [0.25, 0.3) is 0 Å². The lowest BCUT2D eigenvalue weighted by Gasteiger charge is -2.36. The molecular formula is C12H15F6O7S-. The first-order valence-corrected chi connectivity index (χ1v) is 8.34. The van der Waals surface area contributed by atoms with Gasteiger partial charge < -0.3 is 19.1 Å². The highest BCUT2D eigenvalue weighted by Gasteiger charge is 2.75. The molecule has 14 heteroatoms. The van der Waals surface area contributed by atoms with Crippen molar-refractivity contribution in [3.05, 3.63) is 12.7 Å². The summed E-state index contributed by atoms with van der Waals surface area (Å²) in [6.07, 6.45) is -14.4. The van der Waals surface area contributed by atoms with Gasteiger partial charge in [-0.05, 0) is 18.9 Å². The molecule has 0 unspecified atom stereocenters. The standard InChI is InChI=1S/C12H16F6O7S/c1-2-8(19)24-6-4-3-5-9(20)25-10(11(13,14)15,12(16,17)18)7-26(21,22)23/h2,8,19H,1,3-7H2,(H,21,22,23)/p-1/t8-/m0/s1. The van der Waals surface area contributed by atoms with Gasteiger partial charge in [-0.1, -0.05) is 6.58 Å². The van der Waals surface area contributed by atoms with E-state index in [9.17, 15) is 44.1 Å². The summed E-state index contributed by atoms with van der Waals surface area (Å²) < 4.78 is 117. The van der Waals surface area contributed by atoms with E-state index in [0.29, 0.717) is 0 Å². The van der Waals surface area contributed by atoms with Gasteiger partial charge in [-0.25, -0.2) is 8.42 Å². The molecule has 26 heavy (non-hydrogen) atoms. The fourth-order valence-electron chi connectivity index (χ4n) is 1.61. The number of halogens is 6. The lowest BCUT2D eigenvalue weighted by Crippen LogP contribution is -2.63. The second kappa shape index (κ2) is 9.01. The summed E-state index contributed by atoms with van der Waals surface area (Å²) in [5.41, 5.74) is -5.47. The number of alkyl halides is 6. The Balaban J connectivity index is 5.14. The Kier molecular flexibility index (Phi) is 8.53. The van der Waals surface area contributed by atoms with Crippen molar-refractivity contribution in [3.63, 3.8) is 0 Å². The number of carbonyl (C=O) groups is 1. The minimum atomic E-state index is -6.39. The largest absolute Gasteiger partial charge is 0.748 e. The highest BCUT2D eigenvalue weighted by molar-refractivity contribution is 7.85. The van der Waals surface area contributed by atoms with Gasteiger partial charge >= 0.3 is 23.9 Å². The van der Waals surface area contributed by atoms with E-state index >= 15 is 0 Å². The van der Waals surface area contributed by atoms with Crippen LogP contribution in [0.3, 0.4) is 0 Å². The fourth-order valence-corrected chi connectivity index (χ4v) is 2.49. The molecule has 0 rings (SSSR count). The molecule has 0 fully saturated rings. The number of unbranched alkanes of at least 4 members (excludes halogenated alkanes) is 1. The number of aliphatic hydroxyl groups excluding tert-OH is 1. The van der Waals surface area contributed by atoms with E-state index in [-0.39, 0.29) is 19.4 Å². The first kappa shape index (κ1) is 24.6. The van der Waals surface area contributed by atoms with Crippen LogP contribution in [0.5, 0.6) is 0 Å². The first-order chi connectivity index (χ1) is 11.6. The molecular weight excluding hydrogens is 402 g/mol. The Labute approximate surface area is 144 Å². The number of hydrogen-bond acceptors (Lipinski definition) is 7. The molecule has 7 nitrogen and oxygen atoms in total. The van der Waals surface area contributed by atoms with Crippen LogP contribution >= 0.6 is 0 Å². The number of esters is 1. The number of ether oxygens (including phenoxy) is 2. The molecule has 0 spiro atoms. The van der Waals surface area contributed by atoms with Crippen molar-refractivity contribution in [1.82, 2.24) is 0 Å².